The molecule has 21 heavy (non-hydrogen) atoms. The molecule has 0 aliphatic carbocycles. The number of hydrogen-bond acceptors (Lipinski definition) is 7. The third-order valence-corrected chi connectivity index (χ3v) is 6.72. The van der Waals surface area contributed by atoms with Gasteiger partial charge in [-0.05, 0) is 25.2 Å². The molecule has 9 heteroatoms. The van der Waals surface area contributed by atoms with Crippen LogP contribution < -0.4 is 0 Å². The maximum Gasteiger partial charge on any atom is 0.358 e. The second kappa shape index (κ2) is 6.82. The third kappa shape index (κ3) is 3.42. The van der Waals surface area contributed by atoms with E-state index in [-0.39, 0.29) is 22.4 Å². The van der Waals surface area contributed by atoms with Crippen LogP contribution in [0, 0.1) is 5.92 Å². The van der Waals surface area contributed by atoms with Crippen LogP contribution >= 0.6 is 11.3 Å². The number of hydrogen-bond donors (Lipinski definition) is 1. The van der Waals surface area contributed by atoms with Crippen molar-refractivity contribution in [1.82, 2.24) is 9.29 Å². The summed E-state index contributed by atoms with van der Waals surface area (Å²) in [5.41, 5.74) is 1.17. The van der Waals surface area contributed by atoms with Crippen molar-refractivity contribution in [2.75, 3.05) is 26.8 Å². The van der Waals surface area contributed by atoms with Gasteiger partial charge in [-0.2, -0.15) is 4.31 Å². The molecule has 2 rings (SSSR count). The highest BCUT2D eigenvalue weighted by Gasteiger charge is 2.34. The van der Waals surface area contributed by atoms with Gasteiger partial charge in [0.15, 0.2) is 9.90 Å². The van der Waals surface area contributed by atoms with Crippen molar-refractivity contribution >= 4 is 27.3 Å². The van der Waals surface area contributed by atoms with Crippen LogP contribution in [0.4, 0.5) is 0 Å². The fourth-order valence-corrected chi connectivity index (χ4v) is 5.26. The molecule has 0 radical (unpaired) electrons. The Morgan fingerprint density at radius 1 is 1.62 bits per heavy atom. The number of methoxy groups -OCH3 is 1. The smallest absolute Gasteiger partial charge is 0.358 e. The number of rotatable bonds is 5. The number of piperidine rings is 1. The first-order valence-electron chi connectivity index (χ1n) is 6.63. The molecule has 1 atom stereocenters. The van der Waals surface area contributed by atoms with Crippen molar-refractivity contribution in [2.24, 2.45) is 5.92 Å². The minimum Gasteiger partial charge on any atom is -0.464 e. The SMILES string of the molecule is COC(=O)c1ncsc1S(=O)(=O)N1CCCC(CCO)C1. The van der Waals surface area contributed by atoms with E-state index < -0.39 is 16.0 Å². The summed E-state index contributed by atoms with van der Waals surface area (Å²) in [5.74, 6) is -0.605. The van der Waals surface area contributed by atoms with Crippen molar-refractivity contribution < 1.29 is 23.1 Å². The van der Waals surface area contributed by atoms with Crippen molar-refractivity contribution in [3.8, 4) is 0 Å². The molecule has 1 aliphatic rings. The fourth-order valence-electron chi connectivity index (χ4n) is 2.43. The van der Waals surface area contributed by atoms with E-state index in [0.29, 0.717) is 19.5 Å². The molecule has 1 aromatic heterocycles. The van der Waals surface area contributed by atoms with Crippen LogP contribution in [0.15, 0.2) is 9.72 Å². The number of thiazole rings is 1. The Bertz CT molecular complexity index is 597. The first kappa shape index (κ1) is 16.3. The lowest BCUT2D eigenvalue weighted by Gasteiger charge is -2.31. The molecule has 1 unspecified atom stereocenters. The summed E-state index contributed by atoms with van der Waals surface area (Å²) in [5, 5.41) is 9.00. The Morgan fingerprint density at radius 3 is 3.05 bits per heavy atom. The zero-order valence-electron chi connectivity index (χ0n) is 11.7. The van der Waals surface area contributed by atoms with E-state index in [9.17, 15) is 13.2 Å². The highest BCUT2D eigenvalue weighted by atomic mass is 32.2. The summed E-state index contributed by atoms with van der Waals surface area (Å²) in [4.78, 5) is 15.4. The van der Waals surface area contributed by atoms with E-state index in [1.54, 1.807) is 0 Å². The van der Waals surface area contributed by atoms with Gasteiger partial charge >= 0.3 is 5.97 Å². The maximum atomic E-state index is 12.7. The lowest BCUT2D eigenvalue weighted by Crippen LogP contribution is -2.40. The van der Waals surface area contributed by atoms with Gasteiger partial charge in [-0.15, -0.1) is 11.3 Å². The molecule has 1 saturated heterocycles. The van der Waals surface area contributed by atoms with Gasteiger partial charge in [0.2, 0.25) is 0 Å². The van der Waals surface area contributed by atoms with E-state index in [1.807, 2.05) is 0 Å². The average molecular weight is 334 g/mol. The van der Waals surface area contributed by atoms with Crippen LogP contribution in [0.3, 0.4) is 0 Å². The summed E-state index contributed by atoms with van der Waals surface area (Å²) in [6, 6.07) is 0. The van der Waals surface area contributed by atoms with Gasteiger partial charge in [0.05, 0.1) is 12.6 Å². The second-order valence-electron chi connectivity index (χ2n) is 4.86. The van der Waals surface area contributed by atoms with E-state index in [0.717, 1.165) is 24.2 Å². The number of carbonyl (C=O) groups excluding carboxylic acids is 1. The predicted octanol–water partition coefficient (Wildman–Crippen LogP) is 0.713. The van der Waals surface area contributed by atoms with Crippen LogP contribution in [0.5, 0.6) is 0 Å². The topological polar surface area (TPSA) is 96.8 Å². The normalized spacial score (nSPS) is 20.4. The lowest BCUT2D eigenvalue weighted by atomic mass is 9.97. The Morgan fingerprint density at radius 2 is 2.38 bits per heavy atom. The summed E-state index contributed by atoms with van der Waals surface area (Å²) in [6.45, 7) is 0.830. The highest BCUT2D eigenvalue weighted by Crippen LogP contribution is 2.29. The number of sulfonamides is 1. The Labute approximate surface area is 127 Å². The minimum atomic E-state index is -3.75. The number of nitrogens with zero attached hydrogens (tertiary/aromatic N) is 2. The highest BCUT2D eigenvalue weighted by molar-refractivity contribution is 7.91. The van der Waals surface area contributed by atoms with Crippen molar-refractivity contribution in [3.05, 3.63) is 11.2 Å². The number of aliphatic hydroxyl groups is 1. The van der Waals surface area contributed by atoms with E-state index in [4.69, 9.17) is 5.11 Å². The van der Waals surface area contributed by atoms with Crippen molar-refractivity contribution in [1.29, 1.82) is 0 Å². The van der Waals surface area contributed by atoms with Crippen LogP contribution in [-0.2, 0) is 14.8 Å². The van der Waals surface area contributed by atoms with Crippen LogP contribution in [0.1, 0.15) is 29.8 Å². The number of esters is 1. The zero-order valence-corrected chi connectivity index (χ0v) is 13.3. The number of carbonyl (C=O) groups is 1. The molecule has 1 fully saturated rings. The first-order valence-corrected chi connectivity index (χ1v) is 8.95. The molecule has 1 aliphatic heterocycles. The molecule has 0 saturated carbocycles. The number of aromatic nitrogens is 1. The molecule has 0 aromatic carbocycles. The monoisotopic (exact) mass is 334 g/mol. The summed E-state index contributed by atoms with van der Waals surface area (Å²) < 4.78 is 31.2. The molecule has 1 N–H and O–H groups in total. The molecule has 1 aromatic rings. The summed E-state index contributed by atoms with van der Waals surface area (Å²) >= 11 is 0.917. The first-order chi connectivity index (χ1) is 10.0. The lowest BCUT2D eigenvalue weighted by molar-refractivity contribution is 0.0590. The van der Waals surface area contributed by atoms with Gasteiger partial charge in [-0.25, -0.2) is 18.2 Å². The van der Waals surface area contributed by atoms with E-state index in [2.05, 4.69) is 9.72 Å². The van der Waals surface area contributed by atoms with Crippen LogP contribution in [-0.4, -0.2) is 55.6 Å². The number of ether oxygens (including phenoxy) is 1. The molecule has 2 heterocycles. The zero-order chi connectivity index (χ0) is 15.5. The standard InChI is InChI=1S/C12H18N2O5S2/c1-19-11(16)10-12(20-8-13-10)21(17,18)14-5-2-3-9(7-14)4-6-15/h8-9,15H,2-7H2,1H3. The molecular weight excluding hydrogens is 316 g/mol. The summed E-state index contributed by atoms with van der Waals surface area (Å²) in [6.07, 6.45) is 2.23. The van der Waals surface area contributed by atoms with Gasteiger partial charge in [0.25, 0.3) is 10.0 Å². The van der Waals surface area contributed by atoms with Gasteiger partial charge in [0, 0.05) is 19.7 Å². The van der Waals surface area contributed by atoms with Crippen LogP contribution in [0.25, 0.3) is 0 Å². The third-order valence-electron chi connectivity index (χ3n) is 3.51. The van der Waals surface area contributed by atoms with E-state index >= 15 is 0 Å². The summed E-state index contributed by atoms with van der Waals surface area (Å²) in [7, 11) is -2.56. The Kier molecular flexibility index (Phi) is 5.31. The molecule has 0 amide bonds. The van der Waals surface area contributed by atoms with Crippen molar-refractivity contribution in [2.45, 2.75) is 23.5 Å². The fraction of sp³-hybridized carbons (Fsp3) is 0.667. The largest absolute Gasteiger partial charge is 0.464 e. The minimum absolute atomic E-state index is 0.0481. The number of aliphatic hydroxyl groups excluding tert-OH is 1. The average Bonchev–Trinajstić information content (AvgIpc) is 2.97. The maximum absolute atomic E-state index is 12.7. The Hall–Kier alpha value is -1.03. The van der Waals surface area contributed by atoms with Gasteiger partial charge < -0.3 is 9.84 Å². The molecule has 0 bridgehead atoms. The van der Waals surface area contributed by atoms with Crippen molar-refractivity contribution in [3.63, 3.8) is 0 Å². The van der Waals surface area contributed by atoms with Gasteiger partial charge in [-0.3, -0.25) is 0 Å². The Balaban J connectivity index is 2.26. The predicted molar refractivity (Wildman–Crippen MR) is 76.6 cm³/mol. The molecular formula is C12H18N2O5S2. The molecule has 0 spiro atoms. The van der Waals surface area contributed by atoms with Crippen LogP contribution in [0.2, 0.25) is 0 Å². The van der Waals surface area contributed by atoms with E-state index in [1.165, 1.54) is 16.9 Å². The quantitative estimate of drug-likeness (QED) is 0.797. The molecule has 7 nitrogen and oxygen atoms in total. The van der Waals surface area contributed by atoms with Gasteiger partial charge in [0.1, 0.15) is 0 Å². The second-order valence-corrected chi connectivity index (χ2v) is 7.85. The molecule has 118 valence electrons. The van der Waals surface area contributed by atoms with Gasteiger partial charge in [-0.1, -0.05) is 0 Å².